The zero-order valence-electron chi connectivity index (χ0n) is 13.3. The summed E-state index contributed by atoms with van der Waals surface area (Å²) in [5.74, 6) is -0.512. The summed E-state index contributed by atoms with van der Waals surface area (Å²) in [5.41, 5.74) is 7.45. The third-order valence-corrected chi connectivity index (χ3v) is 3.74. The maximum atomic E-state index is 13.0. The van der Waals surface area contributed by atoms with Crippen molar-refractivity contribution in [3.8, 4) is 0 Å². The average molecular weight is 315 g/mol. The van der Waals surface area contributed by atoms with Crippen LogP contribution in [0.3, 0.4) is 0 Å². The molecule has 4 nitrogen and oxygen atoms in total. The van der Waals surface area contributed by atoms with Gasteiger partial charge < -0.3 is 10.6 Å². The minimum Gasteiger partial charge on any atom is -0.338 e. The van der Waals surface area contributed by atoms with Gasteiger partial charge in [-0.05, 0) is 29.8 Å². The SMILES string of the molecule is CC(CN)C(=O)N(CCc1ccccn1)Cc1ccc(F)cc1. The van der Waals surface area contributed by atoms with Crippen LogP contribution in [0.15, 0.2) is 48.7 Å². The van der Waals surface area contributed by atoms with E-state index < -0.39 is 0 Å². The number of nitrogens with zero attached hydrogens (tertiary/aromatic N) is 2. The highest BCUT2D eigenvalue weighted by Crippen LogP contribution is 2.11. The molecule has 1 aromatic heterocycles. The molecule has 2 N–H and O–H groups in total. The van der Waals surface area contributed by atoms with Gasteiger partial charge in [-0.1, -0.05) is 25.1 Å². The van der Waals surface area contributed by atoms with Crippen LogP contribution < -0.4 is 5.73 Å². The van der Waals surface area contributed by atoms with Crippen molar-refractivity contribution in [1.29, 1.82) is 0 Å². The van der Waals surface area contributed by atoms with Gasteiger partial charge in [0.15, 0.2) is 0 Å². The second-order valence-electron chi connectivity index (χ2n) is 5.59. The second-order valence-corrected chi connectivity index (χ2v) is 5.59. The molecule has 0 aliphatic heterocycles. The number of carbonyl (C=O) groups is 1. The van der Waals surface area contributed by atoms with Crippen molar-refractivity contribution < 1.29 is 9.18 Å². The van der Waals surface area contributed by atoms with E-state index in [1.165, 1.54) is 12.1 Å². The maximum absolute atomic E-state index is 13.0. The Hall–Kier alpha value is -2.27. The highest BCUT2D eigenvalue weighted by atomic mass is 19.1. The normalized spacial score (nSPS) is 12.0. The Kier molecular flexibility index (Phi) is 6.23. The topological polar surface area (TPSA) is 59.2 Å². The zero-order chi connectivity index (χ0) is 16.7. The minimum absolute atomic E-state index is 0.00718. The zero-order valence-corrected chi connectivity index (χ0v) is 13.3. The molecule has 0 saturated carbocycles. The molecular weight excluding hydrogens is 293 g/mol. The van der Waals surface area contributed by atoms with Crippen molar-refractivity contribution >= 4 is 5.91 Å². The molecule has 0 fully saturated rings. The fourth-order valence-electron chi connectivity index (χ4n) is 2.29. The van der Waals surface area contributed by atoms with Crippen LogP contribution in [0.5, 0.6) is 0 Å². The van der Waals surface area contributed by atoms with Gasteiger partial charge in [-0.15, -0.1) is 0 Å². The highest BCUT2D eigenvalue weighted by molar-refractivity contribution is 5.78. The lowest BCUT2D eigenvalue weighted by Crippen LogP contribution is -2.38. The van der Waals surface area contributed by atoms with Crippen LogP contribution in [0.1, 0.15) is 18.2 Å². The molecule has 0 saturated heterocycles. The number of carbonyl (C=O) groups excluding carboxylic acids is 1. The number of pyridine rings is 1. The number of halogens is 1. The Morgan fingerprint density at radius 3 is 2.61 bits per heavy atom. The van der Waals surface area contributed by atoms with Crippen molar-refractivity contribution in [2.24, 2.45) is 11.7 Å². The summed E-state index contributed by atoms with van der Waals surface area (Å²) in [7, 11) is 0. The van der Waals surface area contributed by atoms with Crippen molar-refractivity contribution in [1.82, 2.24) is 9.88 Å². The fourth-order valence-corrected chi connectivity index (χ4v) is 2.29. The molecule has 2 aromatic rings. The third kappa shape index (κ3) is 5.14. The number of aromatic nitrogens is 1. The molecule has 2 rings (SSSR count). The molecule has 1 unspecified atom stereocenters. The van der Waals surface area contributed by atoms with Crippen LogP contribution >= 0.6 is 0 Å². The van der Waals surface area contributed by atoms with Gasteiger partial charge in [-0.2, -0.15) is 0 Å². The Morgan fingerprint density at radius 2 is 2.00 bits per heavy atom. The Bertz CT molecular complexity index is 616. The molecule has 1 aromatic carbocycles. The molecule has 0 bridgehead atoms. The summed E-state index contributed by atoms with van der Waals surface area (Å²) in [6.07, 6.45) is 2.41. The quantitative estimate of drug-likeness (QED) is 0.853. The van der Waals surface area contributed by atoms with Crippen LogP contribution in [0, 0.1) is 11.7 Å². The van der Waals surface area contributed by atoms with Gasteiger partial charge in [0, 0.05) is 43.9 Å². The Morgan fingerprint density at radius 1 is 1.26 bits per heavy atom. The number of rotatable bonds is 7. The predicted molar refractivity (Wildman–Crippen MR) is 88.0 cm³/mol. The molecule has 0 radical (unpaired) electrons. The van der Waals surface area contributed by atoms with Gasteiger partial charge >= 0.3 is 0 Å². The third-order valence-electron chi connectivity index (χ3n) is 3.74. The first kappa shape index (κ1) is 17.1. The lowest BCUT2D eigenvalue weighted by atomic mass is 10.1. The smallest absolute Gasteiger partial charge is 0.226 e. The van der Waals surface area contributed by atoms with Crippen molar-refractivity contribution in [3.63, 3.8) is 0 Å². The second kappa shape index (κ2) is 8.39. The van der Waals surface area contributed by atoms with E-state index in [0.717, 1.165) is 11.3 Å². The molecule has 1 amide bonds. The van der Waals surface area contributed by atoms with Crippen molar-refractivity contribution in [3.05, 3.63) is 65.7 Å². The van der Waals surface area contributed by atoms with E-state index in [9.17, 15) is 9.18 Å². The molecule has 0 aliphatic rings. The van der Waals surface area contributed by atoms with E-state index in [1.54, 1.807) is 23.2 Å². The van der Waals surface area contributed by atoms with E-state index in [0.29, 0.717) is 26.1 Å². The van der Waals surface area contributed by atoms with E-state index in [1.807, 2.05) is 25.1 Å². The standard InChI is InChI=1S/C18H22FN3O/c1-14(12-20)18(23)22(11-9-17-4-2-3-10-21-17)13-15-5-7-16(19)8-6-15/h2-8,10,14H,9,11-13,20H2,1H3. The summed E-state index contributed by atoms with van der Waals surface area (Å²) in [5, 5.41) is 0. The lowest BCUT2D eigenvalue weighted by molar-refractivity contribution is -0.135. The van der Waals surface area contributed by atoms with Crippen LogP contribution in [-0.2, 0) is 17.8 Å². The molecular formula is C18H22FN3O. The molecule has 1 atom stereocenters. The lowest BCUT2D eigenvalue weighted by Gasteiger charge is -2.25. The molecule has 122 valence electrons. The average Bonchev–Trinajstić information content (AvgIpc) is 2.59. The van der Waals surface area contributed by atoms with Crippen LogP contribution in [-0.4, -0.2) is 28.9 Å². The van der Waals surface area contributed by atoms with E-state index in [2.05, 4.69) is 4.98 Å². The van der Waals surface area contributed by atoms with E-state index >= 15 is 0 Å². The number of nitrogens with two attached hydrogens (primary N) is 1. The highest BCUT2D eigenvalue weighted by Gasteiger charge is 2.19. The van der Waals surface area contributed by atoms with Crippen LogP contribution in [0.4, 0.5) is 4.39 Å². The minimum atomic E-state index is -0.282. The van der Waals surface area contributed by atoms with Gasteiger partial charge in [-0.3, -0.25) is 9.78 Å². The summed E-state index contributed by atoms with van der Waals surface area (Å²) in [6, 6.07) is 11.9. The van der Waals surface area contributed by atoms with Gasteiger partial charge in [0.25, 0.3) is 0 Å². The Balaban J connectivity index is 2.07. The summed E-state index contributed by atoms with van der Waals surface area (Å²) in [4.78, 5) is 18.6. The first-order chi connectivity index (χ1) is 11.1. The van der Waals surface area contributed by atoms with E-state index in [-0.39, 0.29) is 17.6 Å². The number of amides is 1. The first-order valence-electron chi connectivity index (χ1n) is 7.73. The number of benzene rings is 1. The summed E-state index contributed by atoms with van der Waals surface area (Å²) >= 11 is 0. The molecule has 5 heteroatoms. The Labute approximate surface area is 136 Å². The maximum Gasteiger partial charge on any atom is 0.226 e. The van der Waals surface area contributed by atoms with Gasteiger partial charge in [0.05, 0.1) is 0 Å². The van der Waals surface area contributed by atoms with Crippen LogP contribution in [0.25, 0.3) is 0 Å². The van der Waals surface area contributed by atoms with Gasteiger partial charge in [0.1, 0.15) is 5.82 Å². The number of hydrogen-bond donors (Lipinski definition) is 1. The summed E-state index contributed by atoms with van der Waals surface area (Å²) in [6.45, 7) is 3.12. The van der Waals surface area contributed by atoms with Crippen LogP contribution in [0.2, 0.25) is 0 Å². The largest absolute Gasteiger partial charge is 0.338 e. The monoisotopic (exact) mass is 315 g/mol. The van der Waals surface area contributed by atoms with Crippen molar-refractivity contribution in [2.45, 2.75) is 19.9 Å². The molecule has 0 spiro atoms. The molecule has 0 aliphatic carbocycles. The fraction of sp³-hybridized carbons (Fsp3) is 0.333. The van der Waals surface area contributed by atoms with E-state index in [4.69, 9.17) is 5.73 Å². The van der Waals surface area contributed by atoms with Gasteiger partial charge in [0.2, 0.25) is 5.91 Å². The van der Waals surface area contributed by atoms with Gasteiger partial charge in [-0.25, -0.2) is 4.39 Å². The number of hydrogen-bond acceptors (Lipinski definition) is 3. The first-order valence-corrected chi connectivity index (χ1v) is 7.73. The predicted octanol–water partition coefficient (Wildman–Crippen LogP) is 2.39. The molecule has 1 heterocycles. The van der Waals surface area contributed by atoms with Crippen molar-refractivity contribution in [2.75, 3.05) is 13.1 Å². The summed E-state index contributed by atoms with van der Waals surface area (Å²) < 4.78 is 13.0. The molecule has 23 heavy (non-hydrogen) atoms.